The summed E-state index contributed by atoms with van der Waals surface area (Å²) in [5.74, 6) is -2.38. The van der Waals surface area contributed by atoms with Crippen molar-refractivity contribution >= 4 is 39.1 Å². The van der Waals surface area contributed by atoms with Crippen LogP contribution in [0.1, 0.15) is 61.4 Å². The molecule has 4 heterocycles. The molecule has 14 heteroatoms. The Balaban J connectivity index is 1.24. The molecule has 0 aliphatic carbocycles. The predicted molar refractivity (Wildman–Crippen MR) is 165 cm³/mol. The zero-order valence-corrected chi connectivity index (χ0v) is 26.1. The number of hydrogen-bond acceptors (Lipinski definition) is 6. The lowest BCUT2D eigenvalue weighted by molar-refractivity contribution is 0.0229. The van der Waals surface area contributed by atoms with Crippen LogP contribution in [0.3, 0.4) is 0 Å². The summed E-state index contributed by atoms with van der Waals surface area (Å²) in [6.07, 6.45) is 2.26. The third-order valence-corrected chi connectivity index (χ3v) is 10.5. The number of anilines is 2. The summed E-state index contributed by atoms with van der Waals surface area (Å²) in [5.41, 5.74) is 0.263. The summed E-state index contributed by atoms with van der Waals surface area (Å²) in [4.78, 5) is 13.3. The Morgan fingerprint density at radius 1 is 1.16 bits per heavy atom. The van der Waals surface area contributed by atoms with Gasteiger partial charge in [-0.15, -0.1) is 0 Å². The van der Waals surface area contributed by atoms with Gasteiger partial charge in [-0.05, 0) is 58.1 Å². The second-order valence-corrected chi connectivity index (χ2v) is 13.7. The van der Waals surface area contributed by atoms with E-state index in [4.69, 9.17) is 16.1 Å². The second-order valence-electron chi connectivity index (χ2n) is 11.8. The van der Waals surface area contributed by atoms with Crippen molar-refractivity contribution < 1.29 is 31.6 Å². The molecular weight excluding hydrogens is 628 g/mol. The Hall–Kier alpha value is -3.78. The highest BCUT2D eigenvalue weighted by atomic mass is 35.5. The van der Waals surface area contributed by atoms with Crippen LogP contribution >= 0.6 is 11.6 Å². The van der Waals surface area contributed by atoms with Gasteiger partial charge in [0, 0.05) is 47.7 Å². The number of halogens is 3. The van der Waals surface area contributed by atoms with E-state index in [1.165, 1.54) is 10.4 Å². The van der Waals surface area contributed by atoms with Gasteiger partial charge in [-0.1, -0.05) is 47.1 Å². The van der Waals surface area contributed by atoms with Crippen molar-refractivity contribution in [3.8, 4) is 11.3 Å². The largest absolute Gasteiger partial charge is 0.384 e. The fourth-order valence-corrected chi connectivity index (χ4v) is 8.46. The van der Waals surface area contributed by atoms with Gasteiger partial charge in [-0.25, -0.2) is 8.78 Å². The fraction of sp³-hybridized carbons (Fsp3) is 0.355. The third-order valence-electron chi connectivity index (χ3n) is 8.47. The number of benzene rings is 2. The fourth-order valence-electron chi connectivity index (χ4n) is 6.32. The SMILES string of the molecule is CC1CCC(CC(C)(O)c2cc(-c3ccccc3)on2)N1S(=O)(=O)Nc1c(Cl)c(C(=O)Nc2ccc(F)c(F)c2)n2c1CCC2. The van der Waals surface area contributed by atoms with Crippen molar-refractivity contribution in [1.82, 2.24) is 14.0 Å². The third kappa shape index (κ3) is 5.97. The lowest BCUT2D eigenvalue weighted by Crippen LogP contribution is -2.45. The van der Waals surface area contributed by atoms with Crippen molar-refractivity contribution in [3.63, 3.8) is 0 Å². The van der Waals surface area contributed by atoms with Crippen LogP contribution in [0.25, 0.3) is 11.3 Å². The summed E-state index contributed by atoms with van der Waals surface area (Å²) in [6, 6.07) is 13.0. The van der Waals surface area contributed by atoms with Crippen molar-refractivity contribution in [3.05, 3.63) is 88.3 Å². The molecule has 45 heavy (non-hydrogen) atoms. The molecule has 0 saturated carbocycles. The molecule has 238 valence electrons. The monoisotopic (exact) mass is 659 g/mol. The molecule has 3 unspecified atom stereocenters. The van der Waals surface area contributed by atoms with Crippen LogP contribution < -0.4 is 10.0 Å². The van der Waals surface area contributed by atoms with E-state index in [9.17, 15) is 27.1 Å². The number of nitrogens with zero attached hydrogens (tertiary/aromatic N) is 3. The Morgan fingerprint density at radius 3 is 2.64 bits per heavy atom. The van der Waals surface area contributed by atoms with Crippen LogP contribution in [0.4, 0.5) is 20.2 Å². The van der Waals surface area contributed by atoms with Gasteiger partial charge in [0.1, 0.15) is 17.0 Å². The van der Waals surface area contributed by atoms with Crippen LogP contribution in [0.5, 0.6) is 0 Å². The number of nitrogens with one attached hydrogen (secondary N) is 2. The zero-order valence-electron chi connectivity index (χ0n) is 24.6. The van der Waals surface area contributed by atoms with Crippen LogP contribution in [-0.2, 0) is 28.8 Å². The molecule has 1 fully saturated rings. The highest BCUT2D eigenvalue weighted by Gasteiger charge is 2.44. The number of hydrogen-bond donors (Lipinski definition) is 3. The first-order valence-corrected chi connectivity index (χ1v) is 16.4. The number of aliphatic hydroxyl groups is 1. The smallest absolute Gasteiger partial charge is 0.302 e. The van der Waals surface area contributed by atoms with E-state index in [-0.39, 0.29) is 40.2 Å². The van der Waals surface area contributed by atoms with Crippen molar-refractivity contribution in [2.24, 2.45) is 0 Å². The standard InChI is InChI=1S/C31H32ClF2N5O5S/c1-18-10-12-21(17-31(2,41)26-16-25(44-36-26)19-7-4-3-5-8-19)39(18)45(42,43)37-28-24-9-6-14-38(24)29(27(28)32)30(40)35-20-11-13-22(33)23(34)15-20/h3-5,7-8,11,13,15-16,18,21,37,41H,6,9-10,12,14,17H2,1-2H3,(H,35,40). The zero-order chi connectivity index (χ0) is 32.1. The molecule has 10 nitrogen and oxygen atoms in total. The molecule has 2 aromatic carbocycles. The van der Waals surface area contributed by atoms with Crippen LogP contribution in [-0.4, -0.2) is 45.5 Å². The predicted octanol–water partition coefficient (Wildman–Crippen LogP) is 6.08. The number of carbonyl (C=O) groups excluding carboxylic acids is 1. The molecule has 6 rings (SSSR count). The van der Waals surface area contributed by atoms with Gasteiger partial charge in [0.2, 0.25) is 0 Å². The minimum absolute atomic E-state index is 0.0146. The molecule has 1 amide bonds. The van der Waals surface area contributed by atoms with Crippen LogP contribution in [0, 0.1) is 11.6 Å². The molecule has 3 N–H and O–H groups in total. The average Bonchev–Trinajstić information content (AvgIpc) is 3.78. The van der Waals surface area contributed by atoms with Gasteiger partial charge in [-0.2, -0.15) is 12.7 Å². The Bertz CT molecular complexity index is 1860. The summed E-state index contributed by atoms with van der Waals surface area (Å²) >= 11 is 6.67. The molecule has 0 bridgehead atoms. The molecule has 2 aromatic heterocycles. The lowest BCUT2D eigenvalue weighted by Gasteiger charge is -2.32. The first-order valence-electron chi connectivity index (χ1n) is 14.6. The van der Waals surface area contributed by atoms with E-state index in [1.807, 2.05) is 30.3 Å². The van der Waals surface area contributed by atoms with Crippen molar-refractivity contribution in [1.29, 1.82) is 0 Å². The van der Waals surface area contributed by atoms with Gasteiger partial charge in [0.05, 0.1) is 10.7 Å². The van der Waals surface area contributed by atoms with Gasteiger partial charge in [0.25, 0.3) is 5.91 Å². The number of aromatic nitrogens is 2. The summed E-state index contributed by atoms with van der Waals surface area (Å²) in [6.45, 7) is 3.80. The first-order chi connectivity index (χ1) is 21.4. The lowest BCUT2D eigenvalue weighted by atomic mass is 9.92. The summed E-state index contributed by atoms with van der Waals surface area (Å²) < 4.78 is 66.2. The summed E-state index contributed by atoms with van der Waals surface area (Å²) in [7, 11) is -4.22. The molecule has 4 aromatic rings. The highest BCUT2D eigenvalue weighted by Crippen LogP contribution is 2.41. The number of fused-ring (bicyclic) bond motifs is 1. The summed E-state index contributed by atoms with van der Waals surface area (Å²) in [5, 5.41) is 18.0. The Morgan fingerprint density at radius 2 is 1.91 bits per heavy atom. The van der Waals surface area contributed by atoms with E-state index >= 15 is 0 Å². The van der Waals surface area contributed by atoms with Gasteiger partial charge in [-0.3, -0.25) is 9.52 Å². The topological polar surface area (TPSA) is 130 Å². The van der Waals surface area contributed by atoms with Crippen LogP contribution in [0.2, 0.25) is 5.02 Å². The van der Waals surface area contributed by atoms with Crippen molar-refractivity contribution in [2.45, 2.75) is 70.2 Å². The molecule has 2 aliphatic rings. The van der Waals surface area contributed by atoms with E-state index in [1.54, 1.807) is 24.5 Å². The molecule has 2 aliphatic heterocycles. The molecule has 1 saturated heterocycles. The number of rotatable bonds is 9. The number of amides is 1. The van der Waals surface area contributed by atoms with E-state index in [2.05, 4.69) is 15.2 Å². The van der Waals surface area contributed by atoms with Gasteiger partial charge in [0.15, 0.2) is 17.4 Å². The normalized spacial score (nSPS) is 19.8. The Kier molecular flexibility index (Phi) is 8.23. The first kappa shape index (κ1) is 31.2. The minimum atomic E-state index is -4.22. The molecule has 3 atom stereocenters. The second kappa shape index (κ2) is 11.9. The highest BCUT2D eigenvalue weighted by molar-refractivity contribution is 7.90. The maximum Gasteiger partial charge on any atom is 0.302 e. The van der Waals surface area contributed by atoms with Crippen molar-refractivity contribution in [2.75, 3.05) is 10.0 Å². The molecular formula is C31H32ClF2N5O5S. The Labute approximate surface area is 264 Å². The van der Waals surface area contributed by atoms with E-state index < -0.39 is 39.4 Å². The van der Waals surface area contributed by atoms with E-state index in [0.717, 1.165) is 17.7 Å². The average molecular weight is 660 g/mol. The van der Waals surface area contributed by atoms with Gasteiger partial charge >= 0.3 is 10.2 Å². The van der Waals surface area contributed by atoms with Crippen LogP contribution in [0.15, 0.2) is 59.1 Å². The quantitative estimate of drug-likeness (QED) is 0.200. The van der Waals surface area contributed by atoms with E-state index in [0.29, 0.717) is 43.7 Å². The molecule has 0 radical (unpaired) electrons. The maximum atomic E-state index is 14.0. The maximum absolute atomic E-state index is 14.0. The molecule has 0 spiro atoms. The number of carbonyl (C=O) groups is 1. The minimum Gasteiger partial charge on any atom is -0.384 e. The van der Waals surface area contributed by atoms with Gasteiger partial charge < -0.3 is 19.5 Å².